The van der Waals surface area contributed by atoms with Crippen molar-refractivity contribution in [2.45, 2.75) is 19.9 Å². The molecule has 0 aliphatic carbocycles. The summed E-state index contributed by atoms with van der Waals surface area (Å²) in [5.41, 5.74) is 1.63. The van der Waals surface area contributed by atoms with Gasteiger partial charge >= 0.3 is 0 Å². The Morgan fingerprint density at radius 3 is 2.09 bits per heavy atom. The minimum absolute atomic E-state index is 0.00427. The number of hydrogen-bond acceptors (Lipinski definition) is 8. The van der Waals surface area contributed by atoms with E-state index in [1.165, 1.54) is 0 Å². The number of rotatable bonds is 8. The molecule has 3 aromatic rings. The van der Waals surface area contributed by atoms with Crippen molar-refractivity contribution >= 4 is 22.7 Å². The number of nitrogens with zero attached hydrogens (tertiary/aromatic N) is 6. The van der Waals surface area contributed by atoms with E-state index in [0.29, 0.717) is 24.4 Å². The number of aromatic nitrogens is 1. The second kappa shape index (κ2) is 10.7. The Morgan fingerprint density at radius 1 is 0.969 bits per heavy atom. The summed E-state index contributed by atoms with van der Waals surface area (Å²) in [4.78, 5) is 12.8. The van der Waals surface area contributed by atoms with E-state index in [9.17, 15) is 15.2 Å². The number of nitriles is 1. The van der Waals surface area contributed by atoms with Crippen LogP contribution in [0.4, 0.5) is 22.7 Å². The summed E-state index contributed by atoms with van der Waals surface area (Å²) in [6.45, 7) is 2.16. The molecular formula is C23H22N6O3. The molecule has 1 N–H and O–H groups in total. The van der Waals surface area contributed by atoms with Gasteiger partial charge in [0.2, 0.25) is 5.88 Å². The summed E-state index contributed by atoms with van der Waals surface area (Å²) < 4.78 is 6.11. The molecule has 0 unspecified atom stereocenters. The van der Waals surface area contributed by atoms with E-state index < -0.39 is 5.56 Å². The van der Waals surface area contributed by atoms with Gasteiger partial charge in [-0.2, -0.15) is 20.6 Å². The van der Waals surface area contributed by atoms with E-state index in [2.05, 4.69) is 20.5 Å². The molecule has 0 saturated carbocycles. The van der Waals surface area contributed by atoms with E-state index in [-0.39, 0.29) is 29.2 Å². The molecule has 0 aliphatic heterocycles. The highest BCUT2D eigenvalue weighted by Crippen LogP contribution is 2.28. The van der Waals surface area contributed by atoms with Crippen molar-refractivity contribution in [2.75, 3.05) is 13.7 Å². The molecule has 3 rings (SSSR count). The maximum absolute atomic E-state index is 12.8. The van der Waals surface area contributed by atoms with Crippen LogP contribution < -0.4 is 5.56 Å². The van der Waals surface area contributed by atoms with Crippen molar-refractivity contribution in [2.24, 2.45) is 20.5 Å². The maximum atomic E-state index is 12.8. The van der Waals surface area contributed by atoms with Crippen LogP contribution in [0.2, 0.25) is 0 Å². The predicted molar refractivity (Wildman–Crippen MR) is 120 cm³/mol. The molecule has 0 spiro atoms. The first kappa shape index (κ1) is 22.5. The summed E-state index contributed by atoms with van der Waals surface area (Å²) in [5, 5.41) is 36.3. The van der Waals surface area contributed by atoms with Gasteiger partial charge in [-0.3, -0.25) is 9.36 Å². The van der Waals surface area contributed by atoms with Crippen molar-refractivity contribution < 1.29 is 9.84 Å². The zero-order valence-corrected chi connectivity index (χ0v) is 17.8. The third kappa shape index (κ3) is 5.30. The zero-order chi connectivity index (χ0) is 22.9. The summed E-state index contributed by atoms with van der Waals surface area (Å²) in [5.74, 6) is -0.377. The van der Waals surface area contributed by atoms with Crippen LogP contribution in [0.3, 0.4) is 0 Å². The van der Waals surface area contributed by atoms with Gasteiger partial charge in [-0.05, 0) is 49.7 Å². The van der Waals surface area contributed by atoms with Crippen LogP contribution in [0.15, 0.2) is 79.8 Å². The third-order valence-electron chi connectivity index (χ3n) is 4.65. The van der Waals surface area contributed by atoms with Crippen molar-refractivity contribution in [3.05, 3.63) is 76.1 Å². The molecular weight excluding hydrogens is 408 g/mol. The van der Waals surface area contributed by atoms with Gasteiger partial charge in [0, 0.05) is 25.8 Å². The first-order valence-corrected chi connectivity index (χ1v) is 9.89. The van der Waals surface area contributed by atoms with Crippen LogP contribution >= 0.6 is 0 Å². The molecule has 1 aromatic heterocycles. The van der Waals surface area contributed by atoms with Crippen LogP contribution in [0, 0.1) is 18.3 Å². The lowest BCUT2D eigenvalue weighted by atomic mass is 10.1. The Hall–Kier alpha value is -4.16. The van der Waals surface area contributed by atoms with Gasteiger partial charge < -0.3 is 9.84 Å². The van der Waals surface area contributed by atoms with Gasteiger partial charge in [0.25, 0.3) is 5.56 Å². The van der Waals surface area contributed by atoms with Crippen LogP contribution in [0.5, 0.6) is 5.88 Å². The minimum Gasteiger partial charge on any atom is -0.493 e. The lowest BCUT2D eigenvalue weighted by molar-refractivity contribution is 0.188. The van der Waals surface area contributed by atoms with Gasteiger partial charge in [-0.25, -0.2) is 0 Å². The van der Waals surface area contributed by atoms with Crippen molar-refractivity contribution in [1.29, 1.82) is 5.26 Å². The number of pyridine rings is 1. The van der Waals surface area contributed by atoms with E-state index in [0.717, 1.165) is 10.3 Å². The molecule has 9 heteroatoms. The second-order valence-electron chi connectivity index (χ2n) is 6.84. The monoisotopic (exact) mass is 430 g/mol. The summed E-state index contributed by atoms with van der Waals surface area (Å²) >= 11 is 0. The van der Waals surface area contributed by atoms with E-state index >= 15 is 0 Å². The first-order chi connectivity index (χ1) is 15.5. The topological polar surface area (TPSA) is 125 Å². The molecule has 2 aromatic carbocycles. The highest BCUT2D eigenvalue weighted by Gasteiger charge is 2.18. The zero-order valence-electron chi connectivity index (χ0n) is 17.8. The lowest BCUT2D eigenvalue weighted by Crippen LogP contribution is -2.22. The van der Waals surface area contributed by atoms with Crippen LogP contribution in [-0.2, 0) is 11.3 Å². The highest BCUT2D eigenvalue weighted by atomic mass is 16.5. The SMILES string of the molecule is COCCCn1c(O)c(C#N)c(C)c(N=Nc2ccc(N=Nc3ccccc3)cc2)c1=O. The Kier molecular flexibility index (Phi) is 7.56. The van der Waals surface area contributed by atoms with Crippen molar-refractivity contribution in [1.82, 2.24) is 4.57 Å². The molecule has 0 fully saturated rings. The number of ether oxygens (including phenoxy) is 1. The predicted octanol–water partition coefficient (Wildman–Crippen LogP) is 5.60. The molecule has 0 atom stereocenters. The number of hydrogen-bond donors (Lipinski definition) is 1. The van der Waals surface area contributed by atoms with Crippen LogP contribution in [0.1, 0.15) is 17.5 Å². The average molecular weight is 430 g/mol. The highest BCUT2D eigenvalue weighted by molar-refractivity contribution is 5.57. The quantitative estimate of drug-likeness (QED) is 0.369. The van der Waals surface area contributed by atoms with Gasteiger partial charge in [-0.15, -0.1) is 5.11 Å². The van der Waals surface area contributed by atoms with Crippen molar-refractivity contribution in [3.8, 4) is 11.9 Å². The third-order valence-corrected chi connectivity index (χ3v) is 4.65. The lowest BCUT2D eigenvalue weighted by Gasteiger charge is -2.12. The number of azo groups is 2. The fourth-order valence-electron chi connectivity index (χ4n) is 2.94. The van der Waals surface area contributed by atoms with Gasteiger partial charge in [0.05, 0.1) is 17.1 Å². The molecule has 162 valence electrons. The number of methoxy groups -OCH3 is 1. The molecule has 0 amide bonds. The minimum atomic E-state index is -0.521. The van der Waals surface area contributed by atoms with Crippen molar-refractivity contribution in [3.63, 3.8) is 0 Å². The Bertz CT molecular complexity index is 1230. The molecule has 0 radical (unpaired) electrons. The summed E-state index contributed by atoms with van der Waals surface area (Å²) in [7, 11) is 1.55. The fraction of sp³-hybridized carbons (Fsp3) is 0.217. The Balaban J connectivity index is 1.85. The molecule has 0 saturated heterocycles. The van der Waals surface area contributed by atoms with Crippen LogP contribution in [-0.4, -0.2) is 23.4 Å². The smallest absolute Gasteiger partial charge is 0.281 e. The molecule has 32 heavy (non-hydrogen) atoms. The largest absolute Gasteiger partial charge is 0.493 e. The average Bonchev–Trinajstić information content (AvgIpc) is 2.81. The Morgan fingerprint density at radius 2 is 1.53 bits per heavy atom. The summed E-state index contributed by atoms with van der Waals surface area (Å²) in [6.07, 6.45) is 0.494. The first-order valence-electron chi connectivity index (χ1n) is 9.89. The van der Waals surface area contributed by atoms with E-state index in [1.54, 1.807) is 38.3 Å². The number of aromatic hydroxyl groups is 1. The fourth-order valence-corrected chi connectivity index (χ4v) is 2.94. The summed E-state index contributed by atoms with van der Waals surface area (Å²) in [6, 6.07) is 18.2. The van der Waals surface area contributed by atoms with Gasteiger partial charge in [0.1, 0.15) is 11.6 Å². The molecule has 0 bridgehead atoms. The van der Waals surface area contributed by atoms with Gasteiger partial charge in [-0.1, -0.05) is 18.2 Å². The standard InChI is InChI=1S/C23H22N6O3/c1-16-20(15-24)22(30)29(13-6-14-32-2)23(31)21(16)28-27-19-11-9-18(10-12-19)26-25-17-7-4-3-5-8-17/h3-5,7-12,30H,6,13-14H2,1-2H3. The number of benzene rings is 2. The molecule has 1 heterocycles. The van der Waals surface area contributed by atoms with E-state index in [4.69, 9.17) is 4.74 Å². The maximum Gasteiger partial charge on any atom is 0.281 e. The van der Waals surface area contributed by atoms with Gasteiger partial charge in [0.15, 0.2) is 5.69 Å². The van der Waals surface area contributed by atoms with E-state index in [1.807, 2.05) is 36.4 Å². The second-order valence-corrected chi connectivity index (χ2v) is 6.84. The van der Waals surface area contributed by atoms with Crippen LogP contribution in [0.25, 0.3) is 0 Å². The normalized spacial score (nSPS) is 11.3. The molecule has 0 aliphatic rings. The Labute approximate surface area is 185 Å². The molecule has 9 nitrogen and oxygen atoms in total.